The minimum Gasteiger partial charge on any atom is -0.388 e. The Morgan fingerprint density at radius 2 is 1.36 bits per heavy atom. The molecule has 0 aliphatic heterocycles. The summed E-state index contributed by atoms with van der Waals surface area (Å²) in [4.78, 5) is 0. The molecule has 0 bridgehead atoms. The normalized spacial score (nSPS) is 7.57. The quantitative estimate of drug-likeness (QED) is 0.696. The van der Waals surface area contributed by atoms with Gasteiger partial charge < -0.3 is 5.32 Å². The van der Waals surface area contributed by atoms with Crippen molar-refractivity contribution >= 4 is 5.69 Å². The molecule has 0 saturated heterocycles. The second kappa shape index (κ2) is 12.0. The van der Waals surface area contributed by atoms with Gasteiger partial charge in [0, 0.05) is 12.7 Å². The SMILES string of the molecule is CC.CCC.CNc1ccc(C)cc1. The number of anilines is 1. The second-order valence-corrected chi connectivity index (χ2v) is 2.82. The molecule has 0 aliphatic carbocycles. The topological polar surface area (TPSA) is 12.0 Å². The first kappa shape index (κ1) is 15.5. The van der Waals surface area contributed by atoms with Gasteiger partial charge in [0.25, 0.3) is 0 Å². The molecule has 1 N–H and O–H groups in total. The maximum Gasteiger partial charge on any atom is 0.0337 e. The molecule has 0 spiro atoms. The van der Waals surface area contributed by atoms with Crippen molar-refractivity contribution in [1.29, 1.82) is 0 Å². The molecule has 0 saturated carbocycles. The lowest BCUT2D eigenvalue weighted by Crippen LogP contribution is -1.85. The van der Waals surface area contributed by atoms with Crippen molar-refractivity contribution in [3.8, 4) is 0 Å². The summed E-state index contributed by atoms with van der Waals surface area (Å²) in [5.74, 6) is 0. The number of rotatable bonds is 1. The summed E-state index contributed by atoms with van der Waals surface area (Å²) in [5, 5.41) is 3.05. The molecule has 0 aromatic heterocycles. The van der Waals surface area contributed by atoms with Crippen molar-refractivity contribution in [2.45, 2.75) is 41.0 Å². The molecule has 0 atom stereocenters. The van der Waals surface area contributed by atoms with Gasteiger partial charge in [0.1, 0.15) is 0 Å². The predicted molar refractivity (Wildman–Crippen MR) is 68.0 cm³/mol. The van der Waals surface area contributed by atoms with E-state index in [9.17, 15) is 0 Å². The minimum atomic E-state index is 1.17. The van der Waals surface area contributed by atoms with Crippen LogP contribution in [0.25, 0.3) is 0 Å². The summed E-state index contributed by atoms with van der Waals surface area (Å²) in [7, 11) is 1.92. The van der Waals surface area contributed by atoms with E-state index in [0.29, 0.717) is 0 Å². The van der Waals surface area contributed by atoms with E-state index in [-0.39, 0.29) is 0 Å². The lowest BCUT2D eigenvalue weighted by molar-refractivity contribution is 1.09. The third-order valence-electron chi connectivity index (χ3n) is 1.34. The lowest BCUT2D eigenvalue weighted by Gasteiger charge is -1.97. The Morgan fingerprint density at radius 1 is 1.00 bits per heavy atom. The molecule has 14 heavy (non-hydrogen) atoms. The Bertz CT molecular complexity index is 189. The van der Waals surface area contributed by atoms with Crippen LogP contribution in [-0.4, -0.2) is 7.05 Å². The highest BCUT2D eigenvalue weighted by atomic mass is 14.8. The van der Waals surface area contributed by atoms with E-state index in [1.54, 1.807) is 0 Å². The van der Waals surface area contributed by atoms with Crippen molar-refractivity contribution in [3.63, 3.8) is 0 Å². The van der Waals surface area contributed by atoms with Crippen molar-refractivity contribution in [2.24, 2.45) is 0 Å². The average Bonchev–Trinajstić information content (AvgIpc) is 2.23. The van der Waals surface area contributed by atoms with Crippen LogP contribution >= 0.6 is 0 Å². The van der Waals surface area contributed by atoms with E-state index in [2.05, 4.69) is 50.4 Å². The summed E-state index contributed by atoms with van der Waals surface area (Å²) in [6, 6.07) is 8.31. The van der Waals surface area contributed by atoms with Gasteiger partial charge in [0.2, 0.25) is 0 Å². The minimum absolute atomic E-state index is 1.17. The largest absolute Gasteiger partial charge is 0.388 e. The standard InChI is InChI=1S/C8H11N.C3H8.C2H6/c1-7-3-5-8(9-2)6-4-7;1-3-2;1-2/h3-6,9H,1-2H3;3H2,1-2H3;1-2H3. The smallest absolute Gasteiger partial charge is 0.0337 e. The highest BCUT2D eigenvalue weighted by Crippen LogP contribution is 2.06. The molecule has 0 amide bonds. The van der Waals surface area contributed by atoms with Gasteiger partial charge in [-0.15, -0.1) is 0 Å². The van der Waals surface area contributed by atoms with E-state index in [0.717, 1.165) is 0 Å². The van der Waals surface area contributed by atoms with Crippen LogP contribution in [-0.2, 0) is 0 Å². The van der Waals surface area contributed by atoms with E-state index >= 15 is 0 Å². The van der Waals surface area contributed by atoms with Gasteiger partial charge in [-0.2, -0.15) is 0 Å². The van der Waals surface area contributed by atoms with E-state index in [1.165, 1.54) is 17.7 Å². The number of aryl methyl sites for hydroxylation is 1. The zero-order chi connectivity index (χ0) is 11.4. The number of nitrogens with one attached hydrogen (secondary N) is 1. The van der Waals surface area contributed by atoms with Crippen LogP contribution in [0.2, 0.25) is 0 Å². The molecule has 1 aromatic carbocycles. The molecule has 1 heteroatoms. The van der Waals surface area contributed by atoms with Crippen molar-refractivity contribution in [3.05, 3.63) is 29.8 Å². The average molecular weight is 195 g/mol. The maximum atomic E-state index is 3.05. The Labute approximate surface area is 89.5 Å². The monoisotopic (exact) mass is 195 g/mol. The Morgan fingerprint density at radius 3 is 1.64 bits per heavy atom. The highest BCUT2D eigenvalue weighted by Gasteiger charge is 1.83. The molecular formula is C13H25N. The number of hydrogen-bond donors (Lipinski definition) is 1. The zero-order valence-electron chi connectivity index (χ0n) is 10.5. The number of benzene rings is 1. The Balaban J connectivity index is 0. The molecule has 0 fully saturated rings. The molecule has 1 rings (SSSR count). The third-order valence-corrected chi connectivity index (χ3v) is 1.34. The van der Waals surface area contributed by atoms with Gasteiger partial charge in [-0.1, -0.05) is 51.8 Å². The fourth-order valence-electron chi connectivity index (χ4n) is 0.720. The van der Waals surface area contributed by atoms with Gasteiger partial charge in [0.15, 0.2) is 0 Å². The van der Waals surface area contributed by atoms with Crippen LogP contribution in [0.1, 0.15) is 39.7 Å². The van der Waals surface area contributed by atoms with Gasteiger partial charge in [-0.3, -0.25) is 0 Å². The fraction of sp³-hybridized carbons (Fsp3) is 0.538. The van der Waals surface area contributed by atoms with Crippen LogP contribution in [0.5, 0.6) is 0 Å². The van der Waals surface area contributed by atoms with Crippen molar-refractivity contribution < 1.29 is 0 Å². The summed E-state index contributed by atoms with van der Waals surface area (Å²) in [5.41, 5.74) is 2.47. The van der Waals surface area contributed by atoms with Gasteiger partial charge in [-0.25, -0.2) is 0 Å². The van der Waals surface area contributed by atoms with Gasteiger partial charge in [0.05, 0.1) is 0 Å². The second-order valence-electron chi connectivity index (χ2n) is 2.82. The van der Waals surface area contributed by atoms with E-state index < -0.39 is 0 Å². The third kappa shape index (κ3) is 9.11. The summed E-state index contributed by atoms with van der Waals surface area (Å²) < 4.78 is 0. The van der Waals surface area contributed by atoms with Crippen LogP contribution < -0.4 is 5.32 Å². The molecule has 0 aliphatic rings. The highest BCUT2D eigenvalue weighted by molar-refractivity contribution is 5.43. The molecule has 1 aromatic rings. The van der Waals surface area contributed by atoms with E-state index in [1.807, 2.05) is 20.9 Å². The molecule has 0 unspecified atom stereocenters. The van der Waals surface area contributed by atoms with Crippen LogP contribution in [0, 0.1) is 6.92 Å². The van der Waals surface area contributed by atoms with Gasteiger partial charge in [-0.05, 0) is 19.1 Å². The predicted octanol–water partition coefficient (Wildman–Crippen LogP) is 4.48. The van der Waals surface area contributed by atoms with Gasteiger partial charge >= 0.3 is 0 Å². The Kier molecular flexibility index (Phi) is 13.3. The van der Waals surface area contributed by atoms with Crippen LogP contribution in [0.4, 0.5) is 5.69 Å². The molecule has 0 radical (unpaired) electrons. The van der Waals surface area contributed by atoms with Crippen LogP contribution in [0.3, 0.4) is 0 Å². The maximum absolute atomic E-state index is 3.05. The Hall–Kier alpha value is -0.980. The fourth-order valence-corrected chi connectivity index (χ4v) is 0.720. The van der Waals surface area contributed by atoms with Crippen molar-refractivity contribution in [1.82, 2.24) is 0 Å². The van der Waals surface area contributed by atoms with E-state index in [4.69, 9.17) is 0 Å². The molecule has 82 valence electrons. The first-order chi connectivity index (χ1) is 6.74. The first-order valence-corrected chi connectivity index (χ1v) is 5.49. The summed E-state index contributed by atoms with van der Waals surface area (Å²) >= 11 is 0. The van der Waals surface area contributed by atoms with Crippen LogP contribution in [0.15, 0.2) is 24.3 Å². The lowest BCUT2D eigenvalue weighted by atomic mass is 10.2. The van der Waals surface area contributed by atoms with Crippen molar-refractivity contribution in [2.75, 3.05) is 12.4 Å². The molecular weight excluding hydrogens is 170 g/mol. The zero-order valence-corrected chi connectivity index (χ0v) is 10.5. The molecule has 1 nitrogen and oxygen atoms in total. The first-order valence-electron chi connectivity index (χ1n) is 5.49. The number of hydrogen-bond acceptors (Lipinski definition) is 1. The molecule has 0 heterocycles. The summed E-state index contributed by atoms with van der Waals surface area (Å²) in [6.45, 7) is 10.3. The summed E-state index contributed by atoms with van der Waals surface area (Å²) in [6.07, 6.45) is 1.25.